The van der Waals surface area contributed by atoms with E-state index in [-0.39, 0.29) is 17.4 Å². The third-order valence-corrected chi connectivity index (χ3v) is 4.16. The van der Waals surface area contributed by atoms with Crippen molar-refractivity contribution in [2.45, 2.75) is 51.4 Å². The van der Waals surface area contributed by atoms with Crippen LogP contribution in [0.4, 0.5) is 0 Å². The molecule has 2 rings (SSSR count). The highest BCUT2D eigenvalue weighted by molar-refractivity contribution is 5.48. The second kappa shape index (κ2) is 4.44. The largest absolute Gasteiger partial charge is 0.384 e. The molecule has 96 valence electrons. The molecule has 1 N–H and O–H groups in total. The first-order valence-corrected chi connectivity index (χ1v) is 6.61. The molecule has 0 amide bonds. The topological polar surface area (TPSA) is 20.2 Å². The number of aliphatic hydroxyl groups excluding tert-OH is 1. The highest BCUT2D eigenvalue weighted by atomic mass is 16.2. The predicted molar refractivity (Wildman–Crippen MR) is 75.7 cm³/mol. The van der Waals surface area contributed by atoms with E-state index in [0.29, 0.717) is 0 Å². The fourth-order valence-electron chi connectivity index (χ4n) is 2.81. The van der Waals surface area contributed by atoms with Crippen LogP contribution in [0.15, 0.2) is 18.2 Å². The molecule has 0 unspecified atom stereocenters. The van der Waals surface area contributed by atoms with E-state index in [1.165, 1.54) is 24.0 Å². The maximum atomic E-state index is 8.78. The molecule has 0 aliphatic heterocycles. The summed E-state index contributed by atoms with van der Waals surface area (Å²) in [5.41, 5.74) is 4.36. The summed E-state index contributed by atoms with van der Waals surface area (Å²) in [6, 6.07) is 6.50. The fourth-order valence-corrected chi connectivity index (χ4v) is 2.81. The highest BCUT2D eigenvalue weighted by Gasteiger charge is 2.36. The minimum atomic E-state index is -0.0774. The van der Waals surface area contributed by atoms with Gasteiger partial charge in [-0.2, -0.15) is 0 Å². The Morgan fingerprint density at radius 2 is 1.67 bits per heavy atom. The Morgan fingerprint density at radius 3 is 2.28 bits per heavy atom. The van der Waals surface area contributed by atoms with Crippen LogP contribution in [0.3, 0.4) is 0 Å². The summed E-state index contributed by atoms with van der Waals surface area (Å²) in [6.45, 7) is 9.18. The first kappa shape index (κ1) is 13.2. The summed E-state index contributed by atoms with van der Waals surface area (Å²) in [6.07, 6.45) is 2.44. The summed E-state index contributed by atoms with van der Waals surface area (Å²) < 4.78 is 0. The van der Waals surface area contributed by atoms with Crippen LogP contribution in [-0.4, -0.2) is 11.7 Å². The Kier molecular flexibility index (Phi) is 3.25. The molecule has 1 nitrogen and oxygen atoms in total. The summed E-state index contributed by atoms with van der Waals surface area (Å²) in [5, 5.41) is 8.78. The van der Waals surface area contributed by atoms with Gasteiger partial charge in [0.1, 0.15) is 6.61 Å². The molecule has 0 atom stereocenters. The second-order valence-electron chi connectivity index (χ2n) is 6.49. The number of hydrogen-bond acceptors (Lipinski definition) is 1. The van der Waals surface area contributed by atoms with Crippen molar-refractivity contribution in [3.63, 3.8) is 0 Å². The van der Waals surface area contributed by atoms with Gasteiger partial charge in [0.2, 0.25) is 0 Å². The van der Waals surface area contributed by atoms with Crippen molar-refractivity contribution in [2.24, 2.45) is 0 Å². The molecule has 1 aromatic carbocycles. The Morgan fingerprint density at radius 1 is 1.06 bits per heavy atom. The number of aliphatic hydroxyl groups is 1. The van der Waals surface area contributed by atoms with E-state index in [4.69, 9.17) is 5.11 Å². The molecule has 1 heteroatoms. The van der Waals surface area contributed by atoms with Crippen LogP contribution in [0.1, 0.15) is 57.2 Å². The van der Waals surface area contributed by atoms with Gasteiger partial charge in [0.05, 0.1) is 0 Å². The molecule has 0 saturated heterocycles. The van der Waals surface area contributed by atoms with Crippen LogP contribution < -0.4 is 0 Å². The maximum absolute atomic E-state index is 8.78. The van der Waals surface area contributed by atoms with Crippen molar-refractivity contribution >= 4 is 0 Å². The molecule has 18 heavy (non-hydrogen) atoms. The third kappa shape index (κ3) is 2.31. The minimum Gasteiger partial charge on any atom is -0.384 e. The lowest BCUT2D eigenvalue weighted by atomic mass is 9.63. The van der Waals surface area contributed by atoms with Gasteiger partial charge in [-0.3, -0.25) is 0 Å². The average molecular weight is 242 g/mol. The van der Waals surface area contributed by atoms with Crippen molar-refractivity contribution in [3.05, 3.63) is 34.9 Å². The van der Waals surface area contributed by atoms with Crippen molar-refractivity contribution in [2.75, 3.05) is 6.61 Å². The molecule has 0 radical (unpaired) electrons. The summed E-state index contributed by atoms with van der Waals surface area (Å²) in [5.74, 6) is 5.73. The number of hydrogen-bond donors (Lipinski definition) is 1. The van der Waals surface area contributed by atoms with E-state index < -0.39 is 0 Å². The molecule has 0 bridgehead atoms. The lowest BCUT2D eigenvalue weighted by Gasteiger charge is -2.41. The number of rotatable bonds is 0. The van der Waals surface area contributed by atoms with Gasteiger partial charge in [-0.15, -0.1) is 0 Å². The molecule has 1 aromatic rings. The minimum absolute atomic E-state index is 0.0774. The Balaban J connectivity index is 2.55. The van der Waals surface area contributed by atoms with Crippen LogP contribution in [0.2, 0.25) is 0 Å². The molecule has 1 aliphatic rings. The van der Waals surface area contributed by atoms with Crippen molar-refractivity contribution < 1.29 is 5.11 Å². The van der Waals surface area contributed by atoms with Gasteiger partial charge in [-0.25, -0.2) is 0 Å². The van der Waals surface area contributed by atoms with Gasteiger partial charge >= 0.3 is 0 Å². The van der Waals surface area contributed by atoms with E-state index in [1.54, 1.807) is 0 Å². The van der Waals surface area contributed by atoms with Crippen LogP contribution in [0.25, 0.3) is 0 Å². The normalized spacial score (nSPS) is 19.6. The molecule has 0 spiro atoms. The van der Waals surface area contributed by atoms with Crippen LogP contribution in [-0.2, 0) is 10.8 Å². The van der Waals surface area contributed by atoms with Crippen LogP contribution >= 0.6 is 0 Å². The zero-order valence-electron chi connectivity index (χ0n) is 11.8. The van der Waals surface area contributed by atoms with Gasteiger partial charge in [0.25, 0.3) is 0 Å². The van der Waals surface area contributed by atoms with Gasteiger partial charge in [0.15, 0.2) is 0 Å². The average Bonchev–Trinajstić information content (AvgIpc) is 2.32. The van der Waals surface area contributed by atoms with E-state index >= 15 is 0 Å². The molecule has 0 fully saturated rings. The maximum Gasteiger partial charge on any atom is 0.104 e. The molecular weight excluding hydrogens is 220 g/mol. The first-order valence-electron chi connectivity index (χ1n) is 6.61. The van der Waals surface area contributed by atoms with Crippen molar-refractivity contribution in [3.8, 4) is 11.8 Å². The van der Waals surface area contributed by atoms with Gasteiger partial charge in [0, 0.05) is 5.56 Å². The van der Waals surface area contributed by atoms with E-state index in [9.17, 15) is 0 Å². The summed E-state index contributed by atoms with van der Waals surface area (Å²) in [4.78, 5) is 0. The van der Waals surface area contributed by atoms with E-state index in [1.807, 2.05) is 0 Å². The lowest BCUT2D eigenvalue weighted by molar-refractivity contribution is 0.332. The van der Waals surface area contributed by atoms with Crippen molar-refractivity contribution in [1.29, 1.82) is 0 Å². The SMILES string of the molecule is CC1(C)CCC(C)(C)c2cc(C#CCO)ccc21. The van der Waals surface area contributed by atoms with Crippen LogP contribution in [0.5, 0.6) is 0 Å². The summed E-state index contributed by atoms with van der Waals surface area (Å²) in [7, 11) is 0. The monoisotopic (exact) mass is 242 g/mol. The zero-order valence-corrected chi connectivity index (χ0v) is 11.8. The Bertz CT molecular complexity index is 512. The van der Waals surface area contributed by atoms with Gasteiger partial charge < -0.3 is 5.11 Å². The van der Waals surface area contributed by atoms with Crippen molar-refractivity contribution in [1.82, 2.24) is 0 Å². The molecule has 1 aliphatic carbocycles. The zero-order chi connectivity index (χ0) is 13.4. The lowest BCUT2D eigenvalue weighted by Crippen LogP contribution is -2.33. The first-order chi connectivity index (χ1) is 8.37. The van der Waals surface area contributed by atoms with E-state index in [2.05, 4.69) is 57.7 Å². The second-order valence-corrected chi connectivity index (χ2v) is 6.49. The molecule has 0 aromatic heterocycles. The number of benzene rings is 1. The van der Waals surface area contributed by atoms with Gasteiger partial charge in [-0.1, -0.05) is 45.6 Å². The Labute approximate surface area is 110 Å². The smallest absolute Gasteiger partial charge is 0.104 e. The predicted octanol–water partition coefficient (Wildman–Crippen LogP) is 3.38. The van der Waals surface area contributed by atoms with Crippen LogP contribution in [0, 0.1) is 11.8 Å². The van der Waals surface area contributed by atoms with E-state index in [0.717, 1.165) is 5.56 Å². The fraction of sp³-hybridized carbons (Fsp3) is 0.529. The molecular formula is C17H22O. The standard InChI is InChI=1S/C17H22O/c1-16(2)9-10-17(3,4)15-12-13(6-5-11-18)7-8-14(15)16/h7-8,12,18H,9-11H2,1-4H3. The third-order valence-electron chi connectivity index (χ3n) is 4.16. The number of fused-ring (bicyclic) bond motifs is 1. The molecule has 0 saturated carbocycles. The summed E-state index contributed by atoms with van der Waals surface area (Å²) >= 11 is 0. The highest BCUT2D eigenvalue weighted by Crippen LogP contribution is 2.45. The molecule has 0 heterocycles. The quantitative estimate of drug-likeness (QED) is 0.691. The van der Waals surface area contributed by atoms with Gasteiger partial charge in [-0.05, 0) is 46.9 Å². The Hall–Kier alpha value is -1.26.